The van der Waals surface area contributed by atoms with Gasteiger partial charge in [-0.05, 0) is 78.8 Å². The molecule has 0 fully saturated rings. The van der Waals surface area contributed by atoms with Crippen molar-refractivity contribution in [2.45, 2.75) is 66.4 Å². The highest BCUT2D eigenvalue weighted by Gasteiger charge is 2.35. The quantitative estimate of drug-likeness (QED) is 0.0316. The van der Waals surface area contributed by atoms with Gasteiger partial charge in [0, 0.05) is 44.0 Å². The number of guanidine groups is 2. The fraction of sp³-hybridized carbons (Fsp3) is 0.333. The third kappa shape index (κ3) is 13.3. The molecule has 0 atom stereocenters. The van der Waals surface area contributed by atoms with E-state index >= 15 is 0 Å². The van der Waals surface area contributed by atoms with Crippen LogP contribution in [-0.4, -0.2) is 83.8 Å². The number of aromatic nitrogens is 2. The first-order valence-electron chi connectivity index (χ1n) is 21.7. The summed E-state index contributed by atoms with van der Waals surface area (Å²) in [5.41, 5.74) is 13.2. The van der Waals surface area contributed by atoms with Gasteiger partial charge in [-0.2, -0.15) is 26.3 Å². The molecule has 68 heavy (non-hydrogen) atoms. The summed E-state index contributed by atoms with van der Waals surface area (Å²) in [5.74, 6) is -1.45. The van der Waals surface area contributed by atoms with E-state index in [9.17, 15) is 35.9 Å². The molecule has 2 aromatic heterocycles. The minimum atomic E-state index is -4.64. The second kappa shape index (κ2) is 23.1. The van der Waals surface area contributed by atoms with Crippen molar-refractivity contribution in [3.8, 4) is 11.5 Å². The summed E-state index contributed by atoms with van der Waals surface area (Å²) < 4.78 is 94.0. The summed E-state index contributed by atoms with van der Waals surface area (Å²) in [5, 5.41) is 4.30. The van der Waals surface area contributed by atoms with Crippen molar-refractivity contribution in [2.75, 3.05) is 40.3 Å². The number of nitrogens with two attached hydrogens (primary N) is 2. The van der Waals surface area contributed by atoms with E-state index in [-0.39, 0.29) is 69.8 Å². The molecule has 4 aromatic carbocycles. The molecule has 2 amide bonds. The van der Waals surface area contributed by atoms with E-state index in [0.717, 1.165) is 85.8 Å². The third-order valence-electron chi connectivity index (χ3n) is 11.1. The first-order chi connectivity index (χ1) is 32.3. The number of nitrogens with zero attached hydrogens (tertiary/aromatic N) is 4. The van der Waals surface area contributed by atoms with Gasteiger partial charge in [0.1, 0.15) is 36.1 Å². The van der Waals surface area contributed by atoms with Crippen molar-refractivity contribution in [2.24, 2.45) is 21.5 Å². The smallest absolute Gasteiger partial charge is 0.417 e. The summed E-state index contributed by atoms with van der Waals surface area (Å²) in [6, 6.07) is 22.4. The molecule has 14 nitrogen and oxygen atoms in total. The van der Waals surface area contributed by atoms with Gasteiger partial charge in [0.2, 0.25) is 0 Å². The number of hydrogen-bond acceptors (Lipinski definition) is 8. The van der Waals surface area contributed by atoms with Gasteiger partial charge in [-0.3, -0.25) is 40.0 Å². The molecule has 6 aromatic rings. The van der Waals surface area contributed by atoms with E-state index in [2.05, 4.69) is 68.1 Å². The van der Waals surface area contributed by atoms with E-state index in [4.69, 9.17) is 20.9 Å². The molecule has 0 aliphatic carbocycles. The molecule has 0 radical (unpaired) electrons. The second-order valence-electron chi connectivity index (χ2n) is 15.4. The number of rotatable bonds is 16. The maximum Gasteiger partial charge on any atom is 0.417 e. The van der Waals surface area contributed by atoms with Gasteiger partial charge in [-0.15, -0.1) is 0 Å². The van der Waals surface area contributed by atoms with Crippen LogP contribution in [0.3, 0.4) is 0 Å². The fourth-order valence-corrected chi connectivity index (χ4v) is 7.21. The molecule has 0 aliphatic heterocycles. The Morgan fingerprint density at radius 3 is 1.53 bits per heavy atom. The number of amides is 2. The van der Waals surface area contributed by atoms with Crippen LogP contribution in [0.15, 0.2) is 94.9 Å². The lowest BCUT2D eigenvalue weighted by Crippen LogP contribution is -2.36. The summed E-state index contributed by atoms with van der Waals surface area (Å²) in [7, 11) is 2.76. The number of aliphatic imine (C=N–C) groups is 2. The topological polar surface area (TPSA) is 191 Å². The summed E-state index contributed by atoms with van der Waals surface area (Å²) in [4.78, 5) is 41.9. The number of ether oxygens (including phenoxy) is 2. The van der Waals surface area contributed by atoms with Crippen molar-refractivity contribution < 1.29 is 45.4 Å². The maximum atomic E-state index is 13.8. The summed E-state index contributed by atoms with van der Waals surface area (Å²) in [6.07, 6.45) is -9.24. The molecule has 0 saturated carbocycles. The van der Waals surface area contributed by atoms with Crippen LogP contribution < -0.4 is 31.6 Å². The van der Waals surface area contributed by atoms with Crippen LogP contribution in [-0.2, 0) is 38.7 Å². The average molecular weight is 951 g/mol. The van der Waals surface area contributed by atoms with Crippen LogP contribution in [0.25, 0.3) is 21.8 Å². The zero-order valence-corrected chi connectivity index (χ0v) is 38.6. The number of benzene rings is 4. The van der Waals surface area contributed by atoms with Gasteiger partial charge in [0.05, 0.1) is 22.2 Å². The first-order valence-corrected chi connectivity index (χ1v) is 21.7. The predicted molar refractivity (Wildman–Crippen MR) is 251 cm³/mol. The zero-order valence-electron chi connectivity index (χ0n) is 38.6. The molecule has 2 heterocycles. The van der Waals surface area contributed by atoms with Crippen molar-refractivity contribution in [3.63, 3.8) is 0 Å². The Morgan fingerprint density at radius 2 is 1.06 bits per heavy atom. The first kappa shape index (κ1) is 51.9. The Labute approximate surface area is 389 Å². The van der Waals surface area contributed by atoms with Crippen molar-refractivity contribution >= 4 is 45.5 Å². The fourth-order valence-electron chi connectivity index (χ4n) is 7.21. The Balaban J connectivity index is 0.000000254. The molecular weight excluding hydrogens is 895 g/mol. The molecule has 8 N–H and O–H groups in total. The minimum Gasteiger partial charge on any atom is -0.489 e. The molecule has 0 spiro atoms. The van der Waals surface area contributed by atoms with E-state index in [0.29, 0.717) is 0 Å². The molecule has 0 unspecified atom stereocenters. The van der Waals surface area contributed by atoms with Crippen LogP contribution in [0.4, 0.5) is 26.3 Å². The molecule has 20 heteroatoms. The number of nitrogens with one attached hydrogen (secondary N) is 4. The highest BCUT2D eigenvalue weighted by atomic mass is 19.4. The largest absolute Gasteiger partial charge is 0.489 e. The standard InChI is InChI=1S/2C24H28F3N5O2/c1-4-32(5-2)13-15-8-6-7-9-16(15)14-34-17-10-19(24(25,26)27)18-12-21(30-20(18)11-17)22(33)31-23(28)29-3;1-4-32(5-2)13-15-8-6-7-9-16(15)14-34-20-11-10-18(24(25,26)27)17-12-19(30-21(17)20)22(33)31-23(28)29-3/h2*6-12,30H,4-5,13-14H2,1-3H3,(H3,28,29,31,33). The zero-order chi connectivity index (χ0) is 49.8. The average Bonchev–Trinajstić information content (AvgIpc) is 3.97. The van der Waals surface area contributed by atoms with E-state index < -0.39 is 35.3 Å². The number of hydrogen-bond donors (Lipinski definition) is 6. The van der Waals surface area contributed by atoms with Crippen molar-refractivity contribution in [1.29, 1.82) is 0 Å². The highest BCUT2D eigenvalue weighted by Crippen LogP contribution is 2.40. The lowest BCUT2D eigenvalue weighted by molar-refractivity contribution is -0.137. The lowest BCUT2D eigenvalue weighted by atomic mass is 10.1. The van der Waals surface area contributed by atoms with E-state index in [1.807, 2.05) is 48.5 Å². The van der Waals surface area contributed by atoms with Gasteiger partial charge >= 0.3 is 12.4 Å². The molecule has 6 rings (SSSR count). The van der Waals surface area contributed by atoms with Crippen LogP contribution in [0.5, 0.6) is 11.5 Å². The Bertz CT molecular complexity index is 2740. The molecule has 0 aliphatic rings. The van der Waals surface area contributed by atoms with Crippen LogP contribution in [0.2, 0.25) is 0 Å². The normalized spacial score (nSPS) is 12.4. The van der Waals surface area contributed by atoms with E-state index in [1.54, 1.807) is 0 Å². The van der Waals surface area contributed by atoms with Crippen LogP contribution in [0.1, 0.15) is 82.1 Å². The van der Waals surface area contributed by atoms with Crippen LogP contribution >= 0.6 is 0 Å². The highest BCUT2D eigenvalue weighted by molar-refractivity contribution is 6.08. The summed E-state index contributed by atoms with van der Waals surface area (Å²) in [6.45, 7) is 13.6. The SMILES string of the molecule is CCN(CC)Cc1ccccc1COc1cc(C(F)(F)F)c2cc(C(=O)NC(N)=NC)[nH]c2c1.CCN(CC)Cc1ccccc1COc1ccc(C(F)(F)F)c2cc(C(=O)NC(N)=NC)[nH]c12. The second-order valence-corrected chi connectivity index (χ2v) is 15.4. The van der Waals surface area contributed by atoms with Gasteiger partial charge in [0.15, 0.2) is 11.9 Å². The van der Waals surface area contributed by atoms with Crippen LogP contribution in [0, 0.1) is 0 Å². The predicted octanol–water partition coefficient (Wildman–Crippen LogP) is 8.56. The summed E-state index contributed by atoms with van der Waals surface area (Å²) >= 11 is 0. The maximum absolute atomic E-state index is 13.8. The molecule has 0 saturated heterocycles. The van der Waals surface area contributed by atoms with Gasteiger partial charge in [0.25, 0.3) is 11.8 Å². The number of halogens is 6. The molecule has 364 valence electrons. The van der Waals surface area contributed by atoms with Gasteiger partial charge in [-0.1, -0.05) is 76.2 Å². The molecule has 0 bridgehead atoms. The van der Waals surface area contributed by atoms with Crippen molar-refractivity contribution in [3.05, 3.63) is 130 Å². The van der Waals surface area contributed by atoms with Crippen molar-refractivity contribution in [1.82, 2.24) is 30.4 Å². The number of carbonyl (C=O) groups is 2. The number of alkyl halides is 6. The number of carbonyl (C=O) groups excluding carboxylic acids is 2. The number of aromatic amines is 2. The monoisotopic (exact) mass is 950 g/mol. The van der Waals surface area contributed by atoms with Gasteiger partial charge < -0.3 is 30.9 Å². The Morgan fingerprint density at radius 1 is 0.603 bits per heavy atom. The Kier molecular flexibility index (Phi) is 17.6. The Hall–Kier alpha value is -7.06. The lowest BCUT2D eigenvalue weighted by Gasteiger charge is -2.20. The number of fused-ring (bicyclic) bond motifs is 2. The minimum absolute atomic E-state index is 0.0425. The van der Waals surface area contributed by atoms with Gasteiger partial charge in [-0.25, -0.2) is 0 Å². The molecular formula is C48H56F6N10O4. The number of H-pyrrole nitrogens is 2. The van der Waals surface area contributed by atoms with E-state index in [1.165, 1.54) is 26.2 Å². The third-order valence-corrected chi connectivity index (χ3v) is 11.1.